The Hall–Kier alpha value is -4.89. The van der Waals surface area contributed by atoms with E-state index in [1.165, 1.54) is 36.7 Å². The Kier molecular flexibility index (Phi) is 6.69. The summed E-state index contributed by atoms with van der Waals surface area (Å²) in [6.07, 6.45) is -1.48. The van der Waals surface area contributed by atoms with Crippen molar-refractivity contribution >= 4 is 23.1 Å². The van der Waals surface area contributed by atoms with Gasteiger partial charge in [-0.05, 0) is 19.1 Å². The van der Waals surface area contributed by atoms with Gasteiger partial charge in [-0.15, -0.1) is 0 Å². The number of hydrogen-bond acceptors (Lipinski definition) is 9. The minimum absolute atomic E-state index is 0.0328. The number of carbonyl (C=O) groups is 2. The topological polar surface area (TPSA) is 154 Å². The predicted molar refractivity (Wildman–Crippen MR) is 131 cm³/mol. The van der Waals surface area contributed by atoms with E-state index in [0.717, 1.165) is 16.9 Å². The maximum Gasteiger partial charge on any atom is 0.418 e. The Morgan fingerprint density at radius 3 is 2.55 bits per heavy atom. The zero-order chi connectivity index (χ0) is 28.8. The van der Waals surface area contributed by atoms with Gasteiger partial charge in [0, 0.05) is 24.5 Å². The number of alkyl halides is 4. The van der Waals surface area contributed by atoms with Gasteiger partial charge in [0.15, 0.2) is 5.82 Å². The van der Waals surface area contributed by atoms with Crippen LogP contribution in [0.1, 0.15) is 32.1 Å². The van der Waals surface area contributed by atoms with Crippen LogP contribution in [0.4, 0.5) is 23.4 Å². The van der Waals surface area contributed by atoms with E-state index >= 15 is 0 Å². The van der Waals surface area contributed by atoms with Gasteiger partial charge in [-0.2, -0.15) is 18.3 Å². The van der Waals surface area contributed by atoms with Crippen LogP contribution in [0.5, 0.6) is 5.88 Å². The molecule has 5 rings (SSSR count). The molecular weight excluding hydrogens is 538 g/mol. The van der Waals surface area contributed by atoms with Gasteiger partial charge >= 0.3 is 6.18 Å². The third kappa shape index (κ3) is 4.83. The molecule has 5 heterocycles. The number of halogens is 4. The molecule has 208 valence electrons. The zero-order valence-electron chi connectivity index (χ0n) is 21.0. The number of likely N-dealkylation sites (tertiary alicyclic amines) is 1. The SMILES string of the molecule is COc1ncc(-c2cc(C(F)(F)F)c3c(N)ncnn23)cc1C(=O)N[C@@H]1CN(C(=O)c2cnc(C)cn2)C[C@@H]1F. The van der Waals surface area contributed by atoms with Crippen LogP contribution < -0.4 is 15.8 Å². The molecule has 0 unspecified atom stereocenters. The molecule has 0 aromatic carbocycles. The largest absolute Gasteiger partial charge is 0.480 e. The smallest absolute Gasteiger partial charge is 0.418 e. The van der Waals surface area contributed by atoms with E-state index in [4.69, 9.17) is 10.5 Å². The number of ether oxygens (including phenoxy) is 1. The van der Waals surface area contributed by atoms with Gasteiger partial charge in [-0.25, -0.2) is 23.9 Å². The van der Waals surface area contributed by atoms with Crippen molar-refractivity contribution in [3.05, 3.63) is 59.6 Å². The molecule has 40 heavy (non-hydrogen) atoms. The van der Waals surface area contributed by atoms with E-state index in [2.05, 4.69) is 30.4 Å². The van der Waals surface area contributed by atoms with E-state index in [9.17, 15) is 27.2 Å². The lowest BCUT2D eigenvalue weighted by Gasteiger charge is -2.17. The lowest BCUT2D eigenvalue weighted by Crippen LogP contribution is -2.42. The minimum atomic E-state index is -4.77. The van der Waals surface area contributed by atoms with Crippen LogP contribution in [0, 0.1) is 6.92 Å². The lowest BCUT2D eigenvalue weighted by atomic mass is 10.1. The highest BCUT2D eigenvalue weighted by Crippen LogP contribution is 2.39. The number of carbonyl (C=O) groups excluding carboxylic acids is 2. The van der Waals surface area contributed by atoms with Gasteiger partial charge in [-0.3, -0.25) is 14.6 Å². The van der Waals surface area contributed by atoms with Crippen LogP contribution in [-0.4, -0.2) is 78.7 Å². The maximum absolute atomic E-state index is 14.9. The molecule has 0 spiro atoms. The number of fused-ring (bicyclic) bond motifs is 1. The summed E-state index contributed by atoms with van der Waals surface area (Å²) in [5.74, 6) is -1.90. The van der Waals surface area contributed by atoms with Crippen molar-refractivity contribution in [3.8, 4) is 17.1 Å². The van der Waals surface area contributed by atoms with Crippen molar-refractivity contribution in [1.29, 1.82) is 0 Å². The summed E-state index contributed by atoms with van der Waals surface area (Å²) < 4.78 is 62.2. The van der Waals surface area contributed by atoms with Crippen LogP contribution in [0.3, 0.4) is 0 Å². The molecule has 0 aliphatic carbocycles. The average Bonchev–Trinajstić information content (AvgIpc) is 3.50. The lowest BCUT2D eigenvalue weighted by molar-refractivity contribution is -0.136. The van der Waals surface area contributed by atoms with E-state index in [0.29, 0.717) is 5.69 Å². The number of amides is 2. The Bertz CT molecular complexity index is 1610. The summed E-state index contributed by atoms with van der Waals surface area (Å²) in [6, 6.07) is 0.980. The fourth-order valence-corrected chi connectivity index (χ4v) is 4.38. The van der Waals surface area contributed by atoms with Crippen LogP contribution in [0.25, 0.3) is 16.8 Å². The van der Waals surface area contributed by atoms with E-state index in [1.807, 2.05) is 0 Å². The van der Waals surface area contributed by atoms with Crippen LogP contribution in [0.2, 0.25) is 0 Å². The third-order valence-electron chi connectivity index (χ3n) is 6.33. The maximum atomic E-state index is 14.9. The number of methoxy groups -OCH3 is 1. The molecule has 12 nitrogen and oxygen atoms in total. The van der Waals surface area contributed by atoms with E-state index in [-0.39, 0.29) is 47.3 Å². The fourth-order valence-electron chi connectivity index (χ4n) is 4.38. The highest BCUT2D eigenvalue weighted by atomic mass is 19.4. The first-order valence-electron chi connectivity index (χ1n) is 11.7. The molecular formula is C24H21F4N9O3. The van der Waals surface area contributed by atoms with Gasteiger partial charge in [0.25, 0.3) is 11.8 Å². The van der Waals surface area contributed by atoms with Crippen LogP contribution in [-0.2, 0) is 6.18 Å². The predicted octanol–water partition coefficient (Wildman–Crippen LogP) is 2.09. The number of hydrogen-bond donors (Lipinski definition) is 2. The summed E-state index contributed by atoms with van der Waals surface area (Å²) in [7, 11) is 1.25. The molecule has 4 aromatic heterocycles. The second-order valence-electron chi connectivity index (χ2n) is 8.98. The second kappa shape index (κ2) is 10.0. The summed E-state index contributed by atoms with van der Waals surface area (Å²) in [5.41, 5.74) is 4.65. The Balaban J connectivity index is 1.43. The van der Waals surface area contributed by atoms with Gasteiger partial charge < -0.3 is 20.7 Å². The quantitative estimate of drug-likeness (QED) is 0.350. The number of nitrogens with two attached hydrogens (primary N) is 1. The van der Waals surface area contributed by atoms with E-state index < -0.39 is 41.3 Å². The van der Waals surface area contributed by atoms with Crippen molar-refractivity contribution in [2.45, 2.75) is 25.3 Å². The number of nitrogen functional groups attached to an aromatic ring is 1. The van der Waals surface area contributed by atoms with Crippen LogP contribution in [0.15, 0.2) is 37.1 Å². The number of rotatable bonds is 5. The number of pyridine rings is 1. The summed E-state index contributed by atoms with van der Waals surface area (Å²) >= 11 is 0. The van der Waals surface area contributed by atoms with Crippen LogP contribution >= 0.6 is 0 Å². The molecule has 1 aliphatic heterocycles. The minimum Gasteiger partial charge on any atom is -0.480 e. The molecule has 3 N–H and O–H groups in total. The molecule has 1 aliphatic rings. The molecule has 1 fully saturated rings. The normalized spacial score (nSPS) is 17.3. The Labute approximate surface area is 223 Å². The van der Waals surface area contributed by atoms with Gasteiger partial charge in [-0.1, -0.05) is 0 Å². The summed E-state index contributed by atoms with van der Waals surface area (Å²) in [4.78, 5) is 42.9. The number of aromatic nitrogens is 6. The van der Waals surface area contributed by atoms with Crippen molar-refractivity contribution in [2.75, 3.05) is 25.9 Å². The molecule has 1 saturated heterocycles. The molecule has 0 saturated carbocycles. The van der Waals surface area contributed by atoms with Crippen molar-refractivity contribution in [2.24, 2.45) is 0 Å². The Morgan fingerprint density at radius 2 is 1.88 bits per heavy atom. The standard InChI is InChI=1S/C24H21F4N9O3/c1-11-5-31-16(7-30-11)23(39)36-8-15(25)17(9-36)35-21(38)13-3-12(6-32-22(13)40-2)18-4-14(24(26,27)28)19-20(29)33-10-34-37(18)19/h3-7,10,15,17H,8-9H2,1-2H3,(H,35,38)(H2,29,33,34)/t15-,17+/m0/s1. The van der Waals surface area contributed by atoms with Gasteiger partial charge in [0.1, 0.15) is 29.3 Å². The molecule has 16 heteroatoms. The molecule has 2 amide bonds. The van der Waals surface area contributed by atoms with Gasteiger partial charge in [0.2, 0.25) is 5.88 Å². The molecule has 0 bridgehead atoms. The first kappa shape index (κ1) is 26.7. The molecule has 4 aromatic rings. The molecule has 0 radical (unpaired) electrons. The Morgan fingerprint density at radius 1 is 1.10 bits per heavy atom. The first-order chi connectivity index (χ1) is 19.0. The van der Waals surface area contributed by atoms with Crippen molar-refractivity contribution in [3.63, 3.8) is 0 Å². The molecule has 2 atom stereocenters. The third-order valence-corrected chi connectivity index (χ3v) is 6.33. The first-order valence-corrected chi connectivity index (χ1v) is 11.7. The number of anilines is 1. The highest BCUT2D eigenvalue weighted by Gasteiger charge is 2.39. The second-order valence-corrected chi connectivity index (χ2v) is 8.98. The number of aryl methyl sites for hydroxylation is 1. The number of nitrogens with one attached hydrogen (secondary N) is 1. The number of nitrogens with zero attached hydrogens (tertiary/aromatic N) is 7. The van der Waals surface area contributed by atoms with E-state index in [1.54, 1.807) is 6.92 Å². The summed E-state index contributed by atoms with van der Waals surface area (Å²) in [6.45, 7) is 1.27. The average molecular weight is 559 g/mol. The fraction of sp³-hybridized carbons (Fsp3) is 0.292. The summed E-state index contributed by atoms with van der Waals surface area (Å²) in [5, 5.41) is 6.41. The van der Waals surface area contributed by atoms with Crippen molar-refractivity contribution in [1.82, 2.24) is 39.8 Å². The monoisotopic (exact) mass is 559 g/mol. The zero-order valence-corrected chi connectivity index (χ0v) is 21.0. The van der Waals surface area contributed by atoms with Crippen molar-refractivity contribution < 1.29 is 31.9 Å². The highest BCUT2D eigenvalue weighted by molar-refractivity contribution is 5.98. The van der Waals surface area contributed by atoms with Gasteiger partial charge in [0.05, 0.1) is 42.8 Å².